The van der Waals surface area contributed by atoms with Gasteiger partial charge >= 0.3 is 0 Å². The van der Waals surface area contributed by atoms with Gasteiger partial charge in [0.1, 0.15) is 12.2 Å². The van der Waals surface area contributed by atoms with Gasteiger partial charge in [-0.15, -0.1) is 5.10 Å². The molecule has 25 heavy (non-hydrogen) atoms. The molecule has 7 heteroatoms. The molecule has 0 saturated carbocycles. The molecular weight excluding hydrogens is 316 g/mol. The number of aliphatic hydroxyl groups excluding tert-OH is 1. The number of aryl methyl sites for hydroxylation is 2. The Kier molecular flexibility index (Phi) is 3.58. The van der Waals surface area contributed by atoms with E-state index in [2.05, 4.69) is 33.5 Å². The standard InChI is InChI=1S/C18H18N6O/c1-10-6-11(2)17(12(3)14(10)8-25)18-20-15-5-4-13(7-16(15)21-18)24-9-19-22-23-24/h4-7,9,25H,8H2,1-3H3,(H,20,21). The van der Waals surface area contributed by atoms with E-state index in [-0.39, 0.29) is 6.61 Å². The first-order chi connectivity index (χ1) is 12.1. The summed E-state index contributed by atoms with van der Waals surface area (Å²) in [6.45, 7) is 6.14. The molecule has 0 spiro atoms. The third kappa shape index (κ3) is 2.49. The highest BCUT2D eigenvalue weighted by Gasteiger charge is 2.15. The van der Waals surface area contributed by atoms with Crippen LogP contribution in [0, 0.1) is 20.8 Å². The van der Waals surface area contributed by atoms with Gasteiger partial charge in [0, 0.05) is 5.56 Å². The maximum absolute atomic E-state index is 9.69. The minimum Gasteiger partial charge on any atom is -0.392 e. The zero-order chi connectivity index (χ0) is 17.6. The molecule has 2 aromatic heterocycles. The molecule has 0 saturated heterocycles. The molecule has 126 valence electrons. The first kappa shape index (κ1) is 15.5. The van der Waals surface area contributed by atoms with Crippen molar-refractivity contribution in [2.75, 3.05) is 0 Å². The number of aromatic amines is 1. The predicted octanol–water partition coefficient (Wildman–Crippen LogP) is 2.62. The minimum absolute atomic E-state index is 0.0224. The van der Waals surface area contributed by atoms with Crippen molar-refractivity contribution >= 4 is 11.0 Å². The number of nitrogens with one attached hydrogen (secondary N) is 1. The molecule has 0 aliphatic heterocycles. The Balaban J connectivity index is 1.88. The highest BCUT2D eigenvalue weighted by Crippen LogP contribution is 2.31. The fourth-order valence-electron chi connectivity index (χ4n) is 3.37. The van der Waals surface area contributed by atoms with Gasteiger partial charge in [-0.3, -0.25) is 0 Å². The first-order valence-electron chi connectivity index (χ1n) is 8.02. The minimum atomic E-state index is 0.0224. The predicted molar refractivity (Wildman–Crippen MR) is 94.4 cm³/mol. The lowest BCUT2D eigenvalue weighted by atomic mass is 9.93. The van der Waals surface area contributed by atoms with Crippen LogP contribution in [0.15, 0.2) is 30.6 Å². The van der Waals surface area contributed by atoms with E-state index >= 15 is 0 Å². The highest BCUT2D eigenvalue weighted by molar-refractivity contribution is 5.82. The molecule has 2 N–H and O–H groups in total. The van der Waals surface area contributed by atoms with E-state index in [4.69, 9.17) is 4.98 Å². The average Bonchev–Trinajstić information content (AvgIpc) is 3.23. The van der Waals surface area contributed by atoms with Crippen molar-refractivity contribution < 1.29 is 5.11 Å². The van der Waals surface area contributed by atoms with E-state index in [1.807, 2.05) is 32.0 Å². The number of fused-ring (bicyclic) bond motifs is 1. The van der Waals surface area contributed by atoms with Crippen LogP contribution < -0.4 is 0 Å². The normalized spacial score (nSPS) is 11.4. The molecule has 0 unspecified atom stereocenters. The SMILES string of the molecule is Cc1cc(C)c(-c2nc3ccc(-n4cnnn4)cc3[nH]2)c(C)c1CO. The van der Waals surface area contributed by atoms with Gasteiger partial charge in [-0.25, -0.2) is 9.67 Å². The van der Waals surface area contributed by atoms with E-state index in [1.165, 1.54) is 0 Å². The molecule has 0 aliphatic carbocycles. The zero-order valence-electron chi connectivity index (χ0n) is 14.3. The molecule has 7 nitrogen and oxygen atoms in total. The number of benzene rings is 2. The number of tetrazole rings is 1. The summed E-state index contributed by atoms with van der Waals surface area (Å²) in [5, 5.41) is 20.9. The monoisotopic (exact) mass is 334 g/mol. The van der Waals surface area contributed by atoms with Gasteiger partial charge in [0.2, 0.25) is 0 Å². The third-order valence-corrected chi connectivity index (χ3v) is 4.60. The van der Waals surface area contributed by atoms with Gasteiger partial charge in [0.05, 0.1) is 23.3 Å². The molecule has 2 aromatic carbocycles. The second-order valence-electron chi connectivity index (χ2n) is 6.19. The van der Waals surface area contributed by atoms with Crippen molar-refractivity contribution in [1.82, 2.24) is 30.2 Å². The fourth-order valence-corrected chi connectivity index (χ4v) is 3.37. The number of hydrogen-bond acceptors (Lipinski definition) is 5. The number of imidazole rings is 1. The molecule has 0 amide bonds. The van der Waals surface area contributed by atoms with E-state index in [9.17, 15) is 5.11 Å². The van der Waals surface area contributed by atoms with Gasteiger partial charge in [-0.2, -0.15) is 0 Å². The van der Waals surface area contributed by atoms with Crippen LogP contribution in [0.3, 0.4) is 0 Å². The Bertz CT molecular complexity index is 1070. The number of hydrogen-bond donors (Lipinski definition) is 2. The van der Waals surface area contributed by atoms with E-state index in [1.54, 1.807) is 11.0 Å². The number of aliphatic hydroxyl groups is 1. The smallest absolute Gasteiger partial charge is 0.143 e. The molecule has 2 heterocycles. The van der Waals surface area contributed by atoms with Crippen LogP contribution in [-0.4, -0.2) is 35.3 Å². The van der Waals surface area contributed by atoms with Crippen LogP contribution in [0.4, 0.5) is 0 Å². The summed E-state index contributed by atoms with van der Waals surface area (Å²) in [4.78, 5) is 8.13. The molecule has 4 aromatic rings. The van der Waals surface area contributed by atoms with Crippen molar-refractivity contribution in [2.45, 2.75) is 27.4 Å². The van der Waals surface area contributed by atoms with Crippen molar-refractivity contribution in [3.8, 4) is 17.1 Å². The topological polar surface area (TPSA) is 92.5 Å². The molecule has 4 rings (SSSR count). The van der Waals surface area contributed by atoms with Gasteiger partial charge in [0.25, 0.3) is 0 Å². The van der Waals surface area contributed by atoms with Gasteiger partial charge in [0.15, 0.2) is 0 Å². The Labute approximate surface area is 144 Å². The van der Waals surface area contributed by atoms with E-state index < -0.39 is 0 Å². The number of aromatic nitrogens is 6. The molecule has 0 atom stereocenters. The van der Waals surface area contributed by atoms with Crippen LogP contribution in [0.2, 0.25) is 0 Å². The quantitative estimate of drug-likeness (QED) is 0.601. The van der Waals surface area contributed by atoms with Crippen LogP contribution in [0.5, 0.6) is 0 Å². The molecule has 0 aliphatic rings. The summed E-state index contributed by atoms with van der Waals surface area (Å²) < 4.78 is 1.60. The lowest BCUT2D eigenvalue weighted by Gasteiger charge is -2.14. The third-order valence-electron chi connectivity index (χ3n) is 4.60. The van der Waals surface area contributed by atoms with Crippen LogP contribution in [0.1, 0.15) is 22.3 Å². The van der Waals surface area contributed by atoms with Crippen molar-refractivity contribution in [3.63, 3.8) is 0 Å². The van der Waals surface area contributed by atoms with Gasteiger partial charge < -0.3 is 10.1 Å². The van der Waals surface area contributed by atoms with Crippen molar-refractivity contribution in [2.24, 2.45) is 0 Å². The summed E-state index contributed by atoms with van der Waals surface area (Å²) in [5.74, 6) is 0.800. The summed E-state index contributed by atoms with van der Waals surface area (Å²) >= 11 is 0. The summed E-state index contributed by atoms with van der Waals surface area (Å²) in [6.07, 6.45) is 1.56. The van der Waals surface area contributed by atoms with Crippen LogP contribution in [-0.2, 0) is 6.61 Å². The second-order valence-corrected chi connectivity index (χ2v) is 6.19. The summed E-state index contributed by atoms with van der Waals surface area (Å²) in [6, 6.07) is 7.93. The lowest BCUT2D eigenvalue weighted by Crippen LogP contribution is -1.99. The van der Waals surface area contributed by atoms with Crippen LogP contribution in [0.25, 0.3) is 28.1 Å². The maximum atomic E-state index is 9.69. The van der Waals surface area contributed by atoms with Crippen LogP contribution >= 0.6 is 0 Å². The second kappa shape index (κ2) is 5.78. The van der Waals surface area contributed by atoms with Crippen molar-refractivity contribution in [1.29, 1.82) is 0 Å². The Morgan fingerprint density at radius 1 is 1.12 bits per heavy atom. The van der Waals surface area contributed by atoms with Gasteiger partial charge in [-0.1, -0.05) is 6.07 Å². The zero-order valence-corrected chi connectivity index (χ0v) is 14.3. The lowest BCUT2D eigenvalue weighted by molar-refractivity contribution is 0.280. The number of rotatable bonds is 3. The Morgan fingerprint density at radius 3 is 2.68 bits per heavy atom. The van der Waals surface area contributed by atoms with Crippen molar-refractivity contribution in [3.05, 3.63) is 52.8 Å². The average molecular weight is 334 g/mol. The molecule has 0 bridgehead atoms. The summed E-state index contributed by atoms with van der Waals surface area (Å²) in [5.41, 5.74) is 7.92. The Morgan fingerprint density at radius 2 is 1.96 bits per heavy atom. The van der Waals surface area contributed by atoms with Gasteiger partial charge in [-0.05, 0) is 71.7 Å². The van der Waals surface area contributed by atoms with E-state index in [0.29, 0.717) is 0 Å². The molecule has 0 radical (unpaired) electrons. The number of nitrogens with zero attached hydrogens (tertiary/aromatic N) is 5. The first-order valence-corrected chi connectivity index (χ1v) is 8.02. The molecule has 0 fully saturated rings. The largest absolute Gasteiger partial charge is 0.392 e. The highest BCUT2D eigenvalue weighted by atomic mass is 16.3. The maximum Gasteiger partial charge on any atom is 0.143 e. The van der Waals surface area contributed by atoms with E-state index in [0.717, 1.165) is 50.4 Å². The summed E-state index contributed by atoms with van der Waals surface area (Å²) in [7, 11) is 0. The number of H-pyrrole nitrogens is 1. The Hall–Kier alpha value is -3.06. The fraction of sp³-hybridized carbons (Fsp3) is 0.222. The molecular formula is C18H18N6O.